The highest BCUT2D eigenvalue weighted by Crippen LogP contribution is 2.28. The third-order valence-electron chi connectivity index (χ3n) is 7.85. The molecule has 4 rings (SSSR count). The van der Waals surface area contributed by atoms with E-state index in [9.17, 15) is 9.59 Å². The van der Waals surface area contributed by atoms with E-state index in [0.29, 0.717) is 48.9 Å². The molecule has 2 amide bonds. The molecule has 1 heterocycles. The van der Waals surface area contributed by atoms with Crippen LogP contribution < -0.4 is 14.2 Å². The van der Waals surface area contributed by atoms with Crippen LogP contribution in [0.3, 0.4) is 0 Å². The van der Waals surface area contributed by atoms with Crippen LogP contribution >= 0.6 is 0 Å². The molecule has 2 aromatic carbocycles. The molecule has 1 aliphatic carbocycles. The van der Waals surface area contributed by atoms with Gasteiger partial charge in [0.2, 0.25) is 5.91 Å². The van der Waals surface area contributed by atoms with E-state index in [4.69, 9.17) is 18.6 Å². The Labute approximate surface area is 249 Å². The lowest BCUT2D eigenvalue weighted by atomic mass is 9.93. The van der Waals surface area contributed by atoms with Crippen molar-refractivity contribution in [2.45, 2.75) is 70.9 Å². The summed E-state index contributed by atoms with van der Waals surface area (Å²) in [5.41, 5.74) is 1.59. The summed E-state index contributed by atoms with van der Waals surface area (Å²) in [5.74, 6) is 2.53. The maximum Gasteiger partial charge on any atom is 0.254 e. The first-order valence-corrected chi connectivity index (χ1v) is 15.1. The van der Waals surface area contributed by atoms with Crippen LogP contribution in [0.25, 0.3) is 0 Å². The Bertz CT molecular complexity index is 1250. The molecule has 0 atom stereocenters. The van der Waals surface area contributed by atoms with Gasteiger partial charge in [-0.2, -0.15) is 0 Å². The van der Waals surface area contributed by atoms with Gasteiger partial charge >= 0.3 is 0 Å². The topological polar surface area (TPSA) is 81.5 Å². The molecule has 8 heteroatoms. The maximum absolute atomic E-state index is 13.9. The van der Waals surface area contributed by atoms with E-state index in [1.54, 1.807) is 30.3 Å². The van der Waals surface area contributed by atoms with Crippen LogP contribution in [0.4, 0.5) is 0 Å². The molecule has 0 saturated heterocycles. The maximum atomic E-state index is 13.9. The molecule has 1 fully saturated rings. The number of carbonyl (C=O) groups is 2. The zero-order chi connectivity index (χ0) is 29.7. The van der Waals surface area contributed by atoms with Gasteiger partial charge in [0.05, 0.1) is 33.6 Å². The van der Waals surface area contributed by atoms with Gasteiger partial charge in [-0.3, -0.25) is 9.59 Å². The highest BCUT2D eigenvalue weighted by molar-refractivity contribution is 5.97. The van der Waals surface area contributed by atoms with Gasteiger partial charge in [0.25, 0.3) is 5.91 Å². The number of furan rings is 1. The molecular weight excluding hydrogens is 532 g/mol. The van der Waals surface area contributed by atoms with Crippen LogP contribution in [-0.2, 0) is 17.8 Å². The Kier molecular flexibility index (Phi) is 11.7. The van der Waals surface area contributed by atoms with Crippen LogP contribution in [0.2, 0.25) is 0 Å². The molecule has 8 nitrogen and oxygen atoms in total. The Morgan fingerprint density at radius 2 is 1.71 bits per heavy atom. The molecule has 1 aromatic heterocycles. The van der Waals surface area contributed by atoms with Gasteiger partial charge in [-0.15, -0.1) is 0 Å². The molecule has 0 unspecified atom stereocenters. The molecule has 0 radical (unpaired) electrons. The second-order valence-corrected chi connectivity index (χ2v) is 10.8. The fraction of sp³-hybridized carbons (Fsp3) is 0.471. The number of nitrogens with zero attached hydrogens (tertiary/aromatic N) is 2. The molecular formula is C34H44N2O6. The number of methoxy groups -OCH3 is 2. The molecule has 3 aromatic rings. The van der Waals surface area contributed by atoms with Gasteiger partial charge in [-0.1, -0.05) is 38.7 Å². The Balaban J connectivity index is 1.51. The summed E-state index contributed by atoms with van der Waals surface area (Å²) in [6.45, 7) is 3.59. The zero-order valence-corrected chi connectivity index (χ0v) is 25.2. The van der Waals surface area contributed by atoms with Crippen molar-refractivity contribution in [2.75, 3.05) is 33.9 Å². The summed E-state index contributed by atoms with van der Waals surface area (Å²) in [4.78, 5) is 31.4. The van der Waals surface area contributed by atoms with E-state index < -0.39 is 0 Å². The average molecular weight is 577 g/mol. The number of hydrogen-bond donors (Lipinski definition) is 0. The van der Waals surface area contributed by atoms with Gasteiger partial charge in [0.15, 0.2) is 11.5 Å². The first kappa shape index (κ1) is 31.0. The SMILES string of the molecule is CCCCOc1ccc(C(=O)N(CC(=O)N(CCc2ccc(OC)c(OC)c2)Cc2ccco2)C2CCCCC2)cc1. The third kappa shape index (κ3) is 8.54. The van der Waals surface area contributed by atoms with Gasteiger partial charge in [0, 0.05) is 18.2 Å². The highest BCUT2D eigenvalue weighted by Gasteiger charge is 2.30. The predicted molar refractivity (Wildman–Crippen MR) is 162 cm³/mol. The second kappa shape index (κ2) is 15.9. The Morgan fingerprint density at radius 3 is 2.38 bits per heavy atom. The minimum absolute atomic E-state index is 0.0187. The monoisotopic (exact) mass is 576 g/mol. The number of ether oxygens (including phenoxy) is 3. The summed E-state index contributed by atoms with van der Waals surface area (Å²) < 4.78 is 22.2. The third-order valence-corrected chi connectivity index (χ3v) is 7.85. The van der Waals surface area contributed by atoms with Crippen molar-refractivity contribution >= 4 is 11.8 Å². The highest BCUT2D eigenvalue weighted by atomic mass is 16.5. The van der Waals surface area contributed by atoms with E-state index in [1.165, 1.54) is 0 Å². The Hall–Kier alpha value is -3.94. The lowest BCUT2D eigenvalue weighted by Crippen LogP contribution is -2.48. The number of benzene rings is 2. The van der Waals surface area contributed by atoms with Crippen molar-refractivity contribution in [2.24, 2.45) is 0 Å². The smallest absolute Gasteiger partial charge is 0.254 e. The summed E-state index contributed by atoms with van der Waals surface area (Å²) in [7, 11) is 3.22. The fourth-order valence-corrected chi connectivity index (χ4v) is 5.38. The van der Waals surface area contributed by atoms with Gasteiger partial charge in [-0.25, -0.2) is 0 Å². The molecule has 0 aliphatic heterocycles. The van der Waals surface area contributed by atoms with Gasteiger partial charge < -0.3 is 28.4 Å². The number of hydrogen-bond acceptors (Lipinski definition) is 6. The van der Waals surface area contributed by atoms with Crippen LogP contribution in [0.5, 0.6) is 17.2 Å². The molecule has 1 aliphatic rings. The minimum atomic E-state index is -0.117. The van der Waals surface area contributed by atoms with Crippen LogP contribution in [0, 0.1) is 0 Å². The normalized spacial score (nSPS) is 13.4. The molecule has 0 bridgehead atoms. The average Bonchev–Trinajstić information content (AvgIpc) is 3.55. The van der Waals surface area contributed by atoms with Crippen LogP contribution in [0.15, 0.2) is 65.3 Å². The number of unbranched alkanes of at least 4 members (excludes halogenated alkanes) is 1. The lowest BCUT2D eigenvalue weighted by molar-refractivity contribution is -0.133. The summed E-state index contributed by atoms with van der Waals surface area (Å²) in [6, 6.07) is 16.8. The quantitative estimate of drug-likeness (QED) is 0.192. The van der Waals surface area contributed by atoms with Crippen molar-refractivity contribution in [3.05, 3.63) is 77.7 Å². The zero-order valence-electron chi connectivity index (χ0n) is 25.2. The molecule has 0 spiro atoms. The number of rotatable bonds is 15. The van der Waals surface area contributed by atoms with Crippen molar-refractivity contribution in [3.8, 4) is 17.2 Å². The largest absolute Gasteiger partial charge is 0.494 e. The summed E-state index contributed by atoms with van der Waals surface area (Å²) >= 11 is 0. The predicted octanol–water partition coefficient (Wildman–Crippen LogP) is 6.52. The van der Waals surface area contributed by atoms with Crippen molar-refractivity contribution in [3.63, 3.8) is 0 Å². The Morgan fingerprint density at radius 1 is 0.952 bits per heavy atom. The van der Waals surface area contributed by atoms with Crippen LogP contribution in [-0.4, -0.2) is 61.6 Å². The van der Waals surface area contributed by atoms with Crippen molar-refractivity contribution in [1.29, 1.82) is 0 Å². The first-order chi connectivity index (χ1) is 20.5. The van der Waals surface area contributed by atoms with Gasteiger partial charge in [-0.05, 0) is 79.8 Å². The van der Waals surface area contributed by atoms with E-state index >= 15 is 0 Å². The van der Waals surface area contributed by atoms with E-state index in [-0.39, 0.29) is 24.4 Å². The summed E-state index contributed by atoms with van der Waals surface area (Å²) in [6.07, 6.45) is 9.35. The van der Waals surface area contributed by atoms with Crippen molar-refractivity contribution < 1.29 is 28.2 Å². The van der Waals surface area contributed by atoms with Gasteiger partial charge in [0.1, 0.15) is 18.1 Å². The number of carbonyl (C=O) groups excluding carboxylic acids is 2. The van der Waals surface area contributed by atoms with Crippen LogP contribution in [0.1, 0.15) is 73.6 Å². The van der Waals surface area contributed by atoms with E-state index in [0.717, 1.165) is 56.3 Å². The second-order valence-electron chi connectivity index (χ2n) is 10.8. The standard InChI is InChI=1S/C34H44N2O6/c1-4-5-21-41-29-16-14-27(15-17-29)34(38)36(28-10-7-6-8-11-28)25-33(37)35(24-30-12-9-22-42-30)20-19-26-13-18-31(39-2)32(23-26)40-3/h9,12-18,22-23,28H,4-8,10-11,19-21,24-25H2,1-3H3. The number of amides is 2. The van der Waals surface area contributed by atoms with E-state index in [2.05, 4.69) is 6.92 Å². The van der Waals surface area contributed by atoms with Crippen molar-refractivity contribution in [1.82, 2.24) is 9.80 Å². The molecule has 0 N–H and O–H groups in total. The minimum Gasteiger partial charge on any atom is -0.494 e. The van der Waals surface area contributed by atoms with E-state index in [1.807, 2.05) is 54.6 Å². The first-order valence-electron chi connectivity index (χ1n) is 15.1. The molecule has 42 heavy (non-hydrogen) atoms. The molecule has 1 saturated carbocycles. The summed E-state index contributed by atoms with van der Waals surface area (Å²) in [5, 5.41) is 0. The lowest BCUT2D eigenvalue weighted by Gasteiger charge is -2.35. The fourth-order valence-electron chi connectivity index (χ4n) is 5.38. The molecule has 226 valence electrons.